The maximum atomic E-state index is 12.5. The molecule has 144 valence electrons. The van der Waals surface area contributed by atoms with Crippen LogP contribution in [0.1, 0.15) is 39.9 Å². The Balaban J connectivity index is 1.67. The molecule has 0 atom stereocenters. The minimum Gasteiger partial charge on any atom is -0.423 e. The molecule has 0 spiro atoms. The van der Waals surface area contributed by atoms with Crippen LogP contribution in [0.25, 0.3) is 11.1 Å². The Morgan fingerprint density at radius 3 is 2.24 bits per heavy atom. The van der Waals surface area contributed by atoms with Crippen LogP contribution >= 0.6 is 11.3 Å². The Bertz CT molecular complexity index is 1070. The molecule has 3 aromatic rings. The summed E-state index contributed by atoms with van der Waals surface area (Å²) < 4.78 is 5.27. The number of nitriles is 1. The third-order valence-electron chi connectivity index (χ3n) is 4.20. The fourth-order valence-electron chi connectivity index (χ4n) is 2.69. The Kier molecular flexibility index (Phi) is 6.72. The van der Waals surface area contributed by atoms with Crippen molar-refractivity contribution >= 4 is 23.1 Å². The summed E-state index contributed by atoms with van der Waals surface area (Å²) in [4.78, 5) is 25.3. The van der Waals surface area contributed by atoms with E-state index in [-0.39, 0.29) is 11.8 Å². The van der Waals surface area contributed by atoms with Crippen molar-refractivity contribution in [2.24, 2.45) is 0 Å². The second-order valence-corrected chi connectivity index (χ2v) is 7.40. The lowest BCUT2D eigenvalue weighted by molar-refractivity contribution is -0.129. The van der Waals surface area contributed by atoms with Gasteiger partial charge in [-0.2, -0.15) is 5.26 Å². The van der Waals surface area contributed by atoms with Crippen LogP contribution in [-0.2, 0) is 4.79 Å². The number of carbonyl (C=O) groups is 2. The molecule has 0 fully saturated rings. The maximum absolute atomic E-state index is 12.5. The van der Waals surface area contributed by atoms with Crippen LogP contribution in [0.4, 0.5) is 0 Å². The first-order valence-electron chi connectivity index (χ1n) is 9.24. The highest BCUT2D eigenvalue weighted by Gasteiger charge is 2.12. The second kappa shape index (κ2) is 9.63. The molecule has 0 bridgehead atoms. The van der Waals surface area contributed by atoms with Crippen molar-refractivity contribution in [1.29, 1.82) is 5.26 Å². The number of ether oxygens (including phenoxy) is 1. The molecule has 0 aliphatic heterocycles. The summed E-state index contributed by atoms with van der Waals surface area (Å²) in [5.74, 6) is 0.00123. The number of ketones is 1. The largest absolute Gasteiger partial charge is 0.423 e. The van der Waals surface area contributed by atoms with Gasteiger partial charge in [0.25, 0.3) is 0 Å². The average molecular weight is 401 g/mol. The molecular weight excluding hydrogens is 382 g/mol. The van der Waals surface area contributed by atoms with Crippen molar-refractivity contribution in [2.45, 2.75) is 19.8 Å². The summed E-state index contributed by atoms with van der Waals surface area (Å²) in [6.45, 7) is 2.05. The van der Waals surface area contributed by atoms with E-state index in [1.165, 1.54) is 17.4 Å². The number of esters is 1. The Hall–Kier alpha value is -3.49. The number of unbranched alkanes of at least 4 members (excludes halogenated alkanes) is 1. The minimum absolute atomic E-state index is 0.0959. The van der Waals surface area contributed by atoms with Gasteiger partial charge >= 0.3 is 5.97 Å². The molecule has 4 nitrogen and oxygen atoms in total. The van der Waals surface area contributed by atoms with Gasteiger partial charge in [0.2, 0.25) is 5.78 Å². The molecule has 3 rings (SSSR count). The fourth-order valence-corrected chi connectivity index (χ4v) is 3.45. The number of benzene rings is 2. The molecule has 0 aliphatic carbocycles. The quantitative estimate of drug-likeness (QED) is 0.218. The van der Waals surface area contributed by atoms with Crippen molar-refractivity contribution in [3.05, 3.63) is 88.1 Å². The molecule has 5 heteroatoms. The highest BCUT2D eigenvalue weighted by Crippen LogP contribution is 2.25. The minimum atomic E-state index is -0.387. The molecule has 0 unspecified atom stereocenters. The SMILES string of the molecule is CCC/C=C/C(=O)Oc1ccc(-c2ccc(C(=O)c3ccc(C#N)s3)cc2)cc1. The molecule has 2 aromatic carbocycles. The number of nitrogens with zero attached hydrogens (tertiary/aromatic N) is 1. The predicted molar refractivity (Wildman–Crippen MR) is 114 cm³/mol. The lowest BCUT2D eigenvalue weighted by Gasteiger charge is -2.06. The Labute approximate surface area is 173 Å². The molecule has 0 radical (unpaired) electrons. The molecule has 0 saturated heterocycles. The van der Waals surface area contributed by atoms with Crippen LogP contribution in [0.5, 0.6) is 5.75 Å². The highest BCUT2D eigenvalue weighted by atomic mass is 32.1. The number of thiophene rings is 1. The van der Waals surface area contributed by atoms with Crippen LogP contribution in [0.3, 0.4) is 0 Å². The molecule has 1 heterocycles. The number of rotatable bonds is 7. The fraction of sp³-hybridized carbons (Fsp3) is 0.125. The Morgan fingerprint density at radius 1 is 1.00 bits per heavy atom. The van der Waals surface area contributed by atoms with E-state index in [0.29, 0.717) is 21.1 Å². The van der Waals surface area contributed by atoms with Gasteiger partial charge in [-0.25, -0.2) is 4.79 Å². The zero-order valence-electron chi connectivity index (χ0n) is 15.9. The van der Waals surface area contributed by atoms with Crippen LogP contribution in [0.15, 0.2) is 72.8 Å². The second-order valence-electron chi connectivity index (χ2n) is 6.32. The van der Waals surface area contributed by atoms with E-state index in [9.17, 15) is 9.59 Å². The standard InChI is InChI=1S/C24H19NO3S/c1-2-3-4-5-23(26)28-20-12-10-18(11-13-20)17-6-8-19(9-7-17)24(27)22-15-14-21(16-25)29-22/h4-15H,2-3H2,1H3/b5-4+. The van der Waals surface area contributed by atoms with Crippen LogP contribution in [-0.4, -0.2) is 11.8 Å². The van der Waals surface area contributed by atoms with E-state index in [4.69, 9.17) is 10.00 Å². The lowest BCUT2D eigenvalue weighted by Crippen LogP contribution is -2.03. The van der Waals surface area contributed by atoms with Gasteiger partial charge in [-0.3, -0.25) is 4.79 Å². The van der Waals surface area contributed by atoms with Crippen molar-refractivity contribution in [3.8, 4) is 22.9 Å². The number of hydrogen-bond acceptors (Lipinski definition) is 5. The van der Waals surface area contributed by atoms with Gasteiger partial charge in [-0.05, 0) is 41.8 Å². The van der Waals surface area contributed by atoms with Crippen molar-refractivity contribution in [2.75, 3.05) is 0 Å². The van der Waals surface area contributed by atoms with Crippen LogP contribution in [0.2, 0.25) is 0 Å². The van der Waals surface area contributed by atoms with Crippen LogP contribution < -0.4 is 4.74 Å². The van der Waals surface area contributed by atoms with Gasteiger partial charge < -0.3 is 4.74 Å². The number of allylic oxidation sites excluding steroid dienone is 1. The summed E-state index contributed by atoms with van der Waals surface area (Å²) in [5, 5.41) is 8.90. The first-order valence-corrected chi connectivity index (χ1v) is 10.1. The van der Waals surface area contributed by atoms with Crippen molar-refractivity contribution in [1.82, 2.24) is 0 Å². The van der Waals surface area contributed by atoms with Gasteiger partial charge in [-0.15, -0.1) is 11.3 Å². The number of hydrogen-bond donors (Lipinski definition) is 0. The van der Waals surface area contributed by atoms with Gasteiger partial charge in [0.05, 0.1) is 4.88 Å². The molecular formula is C24H19NO3S. The smallest absolute Gasteiger partial charge is 0.335 e. The molecule has 29 heavy (non-hydrogen) atoms. The highest BCUT2D eigenvalue weighted by molar-refractivity contribution is 7.14. The maximum Gasteiger partial charge on any atom is 0.335 e. The molecule has 0 amide bonds. The molecule has 1 aromatic heterocycles. The lowest BCUT2D eigenvalue weighted by atomic mass is 10.0. The van der Waals surface area contributed by atoms with E-state index in [0.717, 1.165) is 24.0 Å². The van der Waals surface area contributed by atoms with E-state index >= 15 is 0 Å². The summed E-state index contributed by atoms with van der Waals surface area (Å²) in [6.07, 6.45) is 5.08. The summed E-state index contributed by atoms with van der Waals surface area (Å²) in [6, 6.07) is 19.9. The van der Waals surface area contributed by atoms with Crippen molar-refractivity contribution in [3.63, 3.8) is 0 Å². The van der Waals surface area contributed by atoms with E-state index in [1.807, 2.05) is 37.3 Å². The molecule has 0 N–H and O–H groups in total. The zero-order valence-corrected chi connectivity index (χ0v) is 16.7. The summed E-state index contributed by atoms with van der Waals surface area (Å²) in [7, 11) is 0. The van der Waals surface area contributed by atoms with Gasteiger partial charge in [-0.1, -0.05) is 55.8 Å². The topological polar surface area (TPSA) is 67.2 Å². The van der Waals surface area contributed by atoms with E-state index in [1.54, 1.807) is 42.5 Å². The van der Waals surface area contributed by atoms with Crippen molar-refractivity contribution < 1.29 is 14.3 Å². The monoisotopic (exact) mass is 401 g/mol. The van der Waals surface area contributed by atoms with Gasteiger partial charge in [0.1, 0.15) is 16.7 Å². The Morgan fingerprint density at radius 2 is 1.66 bits per heavy atom. The predicted octanol–water partition coefficient (Wildman–Crippen LogP) is 5.78. The molecule has 0 aliphatic rings. The third kappa shape index (κ3) is 5.28. The van der Waals surface area contributed by atoms with E-state index in [2.05, 4.69) is 0 Å². The van der Waals surface area contributed by atoms with Crippen LogP contribution in [0, 0.1) is 11.3 Å². The zero-order chi connectivity index (χ0) is 20.6. The van der Waals surface area contributed by atoms with Gasteiger partial charge in [0, 0.05) is 11.6 Å². The first-order chi connectivity index (χ1) is 14.1. The average Bonchev–Trinajstić information content (AvgIpc) is 3.23. The third-order valence-corrected chi connectivity index (χ3v) is 5.19. The first kappa shape index (κ1) is 20.2. The summed E-state index contributed by atoms with van der Waals surface area (Å²) >= 11 is 1.19. The van der Waals surface area contributed by atoms with E-state index < -0.39 is 0 Å². The summed E-state index contributed by atoms with van der Waals surface area (Å²) in [5.41, 5.74) is 2.48. The van der Waals surface area contributed by atoms with Gasteiger partial charge in [0.15, 0.2) is 0 Å². The number of carbonyl (C=O) groups excluding carboxylic acids is 2. The molecule has 0 saturated carbocycles. The normalized spacial score (nSPS) is 10.6.